The Morgan fingerprint density at radius 2 is 0.836 bits per heavy atom. The highest BCUT2D eigenvalue weighted by molar-refractivity contribution is 5.91. The first-order valence-corrected chi connectivity index (χ1v) is 16.2. The monoisotopic (exact) mass is 748 g/mol. The van der Waals surface area contributed by atoms with Gasteiger partial charge in [-0.05, 0) is 42.5 Å². The van der Waals surface area contributed by atoms with Crippen molar-refractivity contribution in [3.05, 3.63) is 99.3 Å². The zero-order valence-electron chi connectivity index (χ0n) is 29.6. The average molecular weight is 749 g/mol. The predicted molar refractivity (Wildman–Crippen MR) is 192 cm³/mol. The second kappa shape index (κ2) is 15.2. The molecule has 0 aliphatic heterocycles. The van der Waals surface area contributed by atoms with E-state index in [1.165, 1.54) is 75.4 Å². The summed E-state index contributed by atoms with van der Waals surface area (Å²) in [6.07, 6.45) is 0. The number of fused-ring (bicyclic) bond motifs is 2. The van der Waals surface area contributed by atoms with E-state index in [1.807, 2.05) is 0 Å². The second-order valence-electron chi connectivity index (χ2n) is 11.8. The number of rotatable bonds is 9. The van der Waals surface area contributed by atoms with E-state index in [0.717, 1.165) is 13.8 Å². The van der Waals surface area contributed by atoms with Crippen molar-refractivity contribution in [2.75, 3.05) is 0 Å². The van der Waals surface area contributed by atoms with Gasteiger partial charge in [0.25, 0.3) is 0 Å². The minimum atomic E-state index is -0.716. The van der Waals surface area contributed by atoms with Crippen LogP contribution in [0.2, 0.25) is 0 Å². The number of benzene rings is 4. The maximum Gasteiger partial charge on any atom is 0.308 e. The number of carbonyl (C=O) groups excluding carboxylic acids is 5. The molecule has 0 N–H and O–H groups in total. The fourth-order valence-electron chi connectivity index (χ4n) is 5.46. The number of carbonyl (C=O) groups is 5. The van der Waals surface area contributed by atoms with Gasteiger partial charge in [-0.1, -0.05) is 0 Å². The van der Waals surface area contributed by atoms with Crippen LogP contribution < -0.4 is 39.3 Å². The maximum absolute atomic E-state index is 13.3. The Morgan fingerprint density at radius 3 is 1.29 bits per heavy atom. The number of ether oxygens (including phenoxy) is 6. The highest BCUT2D eigenvalue weighted by atomic mass is 16.6. The normalized spacial score (nSPS) is 10.8. The van der Waals surface area contributed by atoms with Gasteiger partial charge in [0.05, 0.1) is 0 Å². The first-order chi connectivity index (χ1) is 26.1. The SMILES string of the molecule is CC(=O)Oc1cc(OC(C)=O)c2c(=O)cc(-c3ccc(Oc4cc(-c5cc(=O)c6c(OC(C)=O)cc(OC(C)=O)cc6o5)ccc4OC(C)=O)cc3)oc2c1. The minimum absolute atomic E-state index is 0.00688. The molecule has 15 heteroatoms. The first kappa shape index (κ1) is 37.2. The van der Waals surface area contributed by atoms with Crippen molar-refractivity contribution in [3.8, 4) is 62.9 Å². The summed E-state index contributed by atoms with van der Waals surface area (Å²) >= 11 is 0. The third-order valence-corrected chi connectivity index (χ3v) is 7.42. The van der Waals surface area contributed by atoms with Gasteiger partial charge in [-0.2, -0.15) is 0 Å². The molecule has 2 aromatic heterocycles. The van der Waals surface area contributed by atoms with E-state index in [0.29, 0.717) is 11.1 Å². The second-order valence-corrected chi connectivity index (χ2v) is 11.8. The van der Waals surface area contributed by atoms with Crippen LogP contribution >= 0.6 is 0 Å². The lowest BCUT2D eigenvalue weighted by atomic mass is 10.1. The van der Waals surface area contributed by atoms with Gasteiger partial charge in [-0.25, -0.2) is 0 Å². The van der Waals surface area contributed by atoms with Crippen LogP contribution in [0.5, 0.6) is 40.2 Å². The molecular formula is C40H28O15. The lowest BCUT2D eigenvalue weighted by Crippen LogP contribution is -2.09. The Morgan fingerprint density at radius 1 is 0.418 bits per heavy atom. The molecule has 55 heavy (non-hydrogen) atoms. The average Bonchev–Trinajstić information content (AvgIpc) is 3.07. The Hall–Kier alpha value is -7.55. The summed E-state index contributed by atoms with van der Waals surface area (Å²) in [7, 11) is 0. The number of esters is 5. The van der Waals surface area contributed by atoms with Gasteiger partial charge < -0.3 is 37.3 Å². The minimum Gasteiger partial charge on any atom is -0.456 e. The van der Waals surface area contributed by atoms with Gasteiger partial charge in [0.15, 0.2) is 22.4 Å². The summed E-state index contributed by atoms with van der Waals surface area (Å²) in [5.41, 5.74) is -0.416. The van der Waals surface area contributed by atoms with Crippen molar-refractivity contribution in [2.24, 2.45) is 0 Å². The van der Waals surface area contributed by atoms with Gasteiger partial charge in [0.2, 0.25) is 0 Å². The Kier molecular flexibility index (Phi) is 10.3. The number of hydrogen-bond donors (Lipinski definition) is 0. The number of hydrogen-bond acceptors (Lipinski definition) is 15. The van der Waals surface area contributed by atoms with E-state index in [2.05, 4.69) is 0 Å². The lowest BCUT2D eigenvalue weighted by molar-refractivity contribution is -0.133. The zero-order valence-corrected chi connectivity index (χ0v) is 29.6. The van der Waals surface area contributed by atoms with Crippen LogP contribution in [0.1, 0.15) is 34.6 Å². The Labute approximate surface area is 309 Å². The van der Waals surface area contributed by atoms with Crippen molar-refractivity contribution < 1.29 is 61.2 Å². The maximum atomic E-state index is 13.3. The first-order valence-electron chi connectivity index (χ1n) is 16.2. The molecule has 0 atom stereocenters. The van der Waals surface area contributed by atoms with Crippen LogP contribution in [0.3, 0.4) is 0 Å². The fourth-order valence-corrected chi connectivity index (χ4v) is 5.46. The highest BCUT2D eigenvalue weighted by Gasteiger charge is 2.20. The summed E-state index contributed by atoms with van der Waals surface area (Å²) in [6.45, 7) is 5.87. The molecule has 4 aromatic carbocycles. The molecule has 0 aliphatic rings. The van der Waals surface area contributed by atoms with Crippen LogP contribution in [0.25, 0.3) is 44.6 Å². The Balaban J connectivity index is 1.36. The molecule has 6 rings (SSSR count). The van der Waals surface area contributed by atoms with Crippen molar-refractivity contribution in [3.63, 3.8) is 0 Å². The molecule has 278 valence electrons. The molecule has 15 nitrogen and oxygen atoms in total. The molecule has 0 radical (unpaired) electrons. The van der Waals surface area contributed by atoms with Gasteiger partial charge in [0, 0.05) is 82.1 Å². The van der Waals surface area contributed by atoms with E-state index in [4.69, 9.17) is 37.3 Å². The topological polar surface area (TPSA) is 201 Å². The molecule has 0 amide bonds. The molecule has 0 spiro atoms. The quantitative estimate of drug-likeness (QED) is 0.112. The van der Waals surface area contributed by atoms with Gasteiger partial charge in [-0.15, -0.1) is 0 Å². The zero-order chi connectivity index (χ0) is 39.6. The Bertz CT molecular complexity index is 2680. The van der Waals surface area contributed by atoms with E-state index in [1.54, 1.807) is 24.3 Å². The predicted octanol–water partition coefficient (Wildman–Crippen LogP) is 6.65. The molecule has 0 unspecified atom stereocenters. The van der Waals surface area contributed by atoms with E-state index >= 15 is 0 Å². The van der Waals surface area contributed by atoms with E-state index in [-0.39, 0.29) is 73.7 Å². The molecule has 0 saturated carbocycles. The largest absolute Gasteiger partial charge is 0.456 e. The molecule has 0 fully saturated rings. The van der Waals surface area contributed by atoms with Gasteiger partial charge in [-0.3, -0.25) is 33.6 Å². The summed E-state index contributed by atoms with van der Waals surface area (Å²) in [4.78, 5) is 85.2. The van der Waals surface area contributed by atoms with E-state index < -0.39 is 40.7 Å². The van der Waals surface area contributed by atoms with Gasteiger partial charge in [0.1, 0.15) is 62.2 Å². The standard InChI is InChI=1S/C40H28O15/c1-19(41)48-27-13-35(51-22(4)44)39-29(46)17-32(54-37(39)15-27)24-6-9-26(10-7-24)53-34-12-25(8-11-31(34)50-21(3)43)33-18-30(47)40-36(52-23(5)45)14-28(49-20(2)42)16-38(40)55-33/h6-18H,1-5H3. The fraction of sp³-hybridized carbons (Fsp3) is 0.125. The molecular weight excluding hydrogens is 720 g/mol. The van der Waals surface area contributed by atoms with Crippen molar-refractivity contribution in [1.82, 2.24) is 0 Å². The summed E-state index contributed by atoms with van der Waals surface area (Å²) in [5.74, 6) is -3.20. The van der Waals surface area contributed by atoms with Gasteiger partial charge >= 0.3 is 29.8 Å². The lowest BCUT2D eigenvalue weighted by Gasteiger charge is -2.14. The molecule has 6 aromatic rings. The molecule has 0 saturated heterocycles. The van der Waals surface area contributed by atoms with Crippen LogP contribution in [-0.2, 0) is 24.0 Å². The van der Waals surface area contributed by atoms with E-state index in [9.17, 15) is 33.6 Å². The van der Waals surface area contributed by atoms with Crippen LogP contribution in [0, 0.1) is 0 Å². The van der Waals surface area contributed by atoms with Crippen LogP contribution in [0.4, 0.5) is 0 Å². The molecule has 0 bridgehead atoms. The van der Waals surface area contributed by atoms with Crippen LogP contribution in [-0.4, -0.2) is 29.8 Å². The molecule has 2 heterocycles. The van der Waals surface area contributed by atoms with Crippen molar-refractivity contribution >= 4 is 51.8 Å². The smallest absolute Gasteiger partial charge is 0.308 e. The van der Waals surface area contributed by atoms with Crippen LogP contribution in [0.15, 0.2) is 97.3 Å². The third-order valence-electron chi connectivity index (χ3n) is 7.42. The van der Waals surface area contributed by atoms with Crippen molar-refractivity contribution in [1.29, 1.82) is 0 Å². The highest BCUT2D eigenvalue weighted by Crippen LogP contribution is 2.39. The summed E-state index contributed by atoms with van der Waals surface area (Å²) in [6, 6.07) is 18.1. The summed E-state index contributed by atoms with van der Waals surface area (Å²) in [5, 5.41) is -0.107. The third kappa shape index (κ3) is 8.58. The van der Waals surface area contributed by atoms with Crippen molar-refractivity contribution in [2.45, 2.75) is 34.6 Å². The summed E-state index contributed by atoms with van der Waals surface area (Å²) < 4.78 is 44.1. The molecule has 0 aliphatic carbocycles.